The largest absolute Gasteiger partial charge is 0.434 e. The second kappa shape index (κ2) is 10.0. The van der Waals surface area contributed by atoms with Gasteiger partial charge in [-0.2, -0.15) is 13.2 Å². The van der Waals surface area contributed by atoms with E-state index < -0.39 is 11.9 Å². The van der Waals surface area contributed by atoms with Crippen LogP contribution in [-0.2, 0) is 19.1 Å². The highest BCUT2D eigenvalue weighted by molar-refractivity contribution is 14.0. The molecule has 0 aliphatic rings. The van der Waals surface area contributed by atoms with E-state index in [0.717, 1.165) is 22.3 Å². The fourth-order valence-electron chi connectivity index (χ4n) is 2.21. The molecule has 0 fully saturated rings. The number of hydrogen-bond donors (Lipinski definition) is 1. The maximum atomic E-state index is 13.2. The lowest BCUT2D eigenvalue weighted by atomic mass is 10.2. The van der Waals surface area contributed by atoms with Crippen molar-refractivity contribution in [1.29, 1.82) is 0 Å². The van der Waals surface area contributed by atoms with E-state index in [4.69, 9.17) is 0 Å². The molecule has 26 heavy (non-hydrogen) atoms. The molecule has 2 rings (SSSR count). The van der Waals surface area contributed by atoms with Gasteiger partial charge in [-0.15, -0.1) is 35.3 Å². The molecule has 0 saturated heterocycles. The summed E-state index contributed by atoms with van der Waals surface area (Å²) in [5, 5.41) is 4.49. The number of halogens is 5. The Morgan fingerprint density at radius 1 is 1.35 bits per heavy atom. The summed E-state index contributed by atoms with van der Waals surface area (Å²) in [5.74, 6) is 0.259. The Morgan fingerprint density at radius 2 is 2.08 bits per heavy atom. The number of aliphatic imine (C=N–C) groups is 1. The Bertz CT molecular complexity index is 733. The lowest BCUT2D eigenvalue weighted by Crippen LogP contribution is -2.39. The number of alkyl halides is 3. The molecular weight excluding hydrogens is 483 g/mol. The SMILES string of the molecule is CN=C(NCCc1nc(C(F)(F)F)cs1)N(C)Cc1cccc(F)c1.I. The van der Waals surface area contributed by atoms with Crippen molar-refractivity contribution in [3.05, 3.63) is 51.7 Å². The molecule has 1 heterocycles. The van der Waals surface area contributed by atoms with Crippen molar-refractivity contribution in [2.75, 3.05) is 20.6 Å². The van der Waals surface area contributed by atoms with Crippen LogP contribution in [0.3, 0.4) is 0 Å². The number of rotatable bonds is 5. The molecule has 0 atom stereocenters. The van der Waals surface area contributed by atoms with Crippen LogP contribution in [0.2, 0.25) is 0 Å². The molecule has 1 aromatic heterocycles. The molecule has 0 aliphatic heterocycles. The number of aromatic nitrogens is 1. The van der Waals surface area contributed by atoms with Gasteiger partial charge in [0.15, 0.2) is 11.7 Å². The van der Waals surface area contributed by atoms with Gasteiger partial charge in [0.25, 0.3) is 0 Å². The molecule has 0 radical (unpaired) electrons. The quantitative estimate of drug-likeness (QED) is 0.289. The molecule has 0 saturated carbocycles. The highest BCUT2D eigenvalue weighted by Gasteiger charge is 2.33. The Balaban J connectivity index is 0.00000338. The van der Waals surface area contributed by atoms with Crippen LogP contribution in [0.15, 0.2) is 34.6 Å². The summed E-state index contributed by atoms with van der Waals surface area (Å²) in [7, 11) is 3.40. The maximum Gasteiger partial charge on any atom is 0.434 e. The minimum Gasteiger partial charge on any atom is -0.356 e. The molecule has 10 heteroatoms. The first kappa shape index (κ1) is 22.6. The molecule has 0 amide bonds. The van der Waals surface area contributed by atoms with E-state index in [1.54, 1.807) is 31.1 Å². The van der Waals surface area contributed by atoms with Crippen LogP contribution in [-0.4, -0.2) is 36.5 Å². The van der Waals surface area contributed by atoms with Crippen LogP contribution >= 0.6 is 35.3 Å². The smallest absolute Gasteiger partial charge is 0.356 e. The number of hydrogen-bond acceptors (Lipinski definition) is 3. The Hall–Kier alpha value is -1.43. The molecule has 0 bridgehead atoms. The summed E-state index contributed by atoms with van der Waals surface area (Å²) in [5.41, 5.74) is -0.0692. The van der Waals surface area contributed by atoms with Gasteiger partial charge < -0.3 is 10.2 Å². The lowest BCUT2D eigenvalue weighted by molar-refractivity contribution is -0.140. The van der Waals surface area contributed by atoms with Gasteiger partial charge in [-0.05, 0) is 17.7 Å². The Morgan fingerprint density at radius 3 is 2.65 bits per heavy atom. The summed E-state index contributed by atoms with van der Waals surface area (Å²) in [6, 6.07) is 6.26. The predicted octanol–water partition coefficient (Wildman–Crippen LogP) is 4.17. The summed E-state index contributed by atoms with van der Waals surface area (Å²) >= 11 is 0.982. The highest BCUT2D eigenvalue weighted by Crippen LogP contribution is 2.29. The minimum absolute atomic E-state index is 0. The molecule has 1 N–H and O–H groups in total. The van der Waals surface area contributed by atoms with Crippen LogP contribution in [0, 0.1) is 5.82 Å². The van der Waals surface area contributed by atoms with Crippen LogP contribution in [0.1, 0.15) is 16.3 Å². The molecule has 0 spiro atoms. The number of guanidine groups is 1. The normalized spacial score (nSPS) is 11.8. The summed E-state index contributed by atoms with van der Waals surface area (Å²) in [6.45, 7) is 0.845. The van der Waals surface area contributed by atoms with Gasteiger partial charge in [0.2, 0.25) is 0 Å². The Labute approximate surface area is 170 Å². The fraction of sp³-hybridized carbons (Fsp3) is 0.375. The number of thiazole rings is 1. The van der Waals surface area contributed by atoms with Crippen molar-refractivity contribution in [3.8, 4) is 0 Å². The van der Waals surface area contributed by atoms with Gasteiger partial charge in [0.05, 0.1) is 5.01 Å². The molecule has 1 aromatic carbocycles. The van der Waals surface area contributed by atoms with E-state index in [2.05, 4.69) is 15.3 Å². The van der Waals surface area contributed by atoms with Gasteiger partial charge in [0, 0.05) is 39.0 Å². The molecule has 4 nitrogen and oxygen atoms in total. The molecule has 144 valence electrons. The second-order valence-corrected chi connectivity index (χ2v) is 6.28. The highest BCUT2D eigenvalue weighted by atomic mass is 127. The van der Waals surface area contributed by atoms with Crippen molar-refractivity contribution in [2.45, 2.75) is 19.1 Å². The Kier molecular flexibility index (Phi) is 8.74. The van der Waals surface area contributed by atoms with Crippen LogP contribution in [0.5, 0.6) is 0 Å². The average Bonchev–Trinajstić information content (AvgIpc) is 3.00. The summed E-state index contributed by atoms with van der Waals surface area (Å²) in [6.07, 6.45) is -4.06. The van der Waals surface area contributed by atoms with Gasteiger partial charge in [-0.1, -0.05) is 12.1 Å². The second-order valence-electron chi connectivity index (χ2n) is 5.33. The van der Waals surface area contributed by atoms with Gasteiger partial charge >= 0.3 is 6.18 Å². The van der Waals surface area contributed by atoms with Gasteiger partial charge in [-0.3, -0.25) is 4.99 Å². The van der Waals surface area contributed by atoms with Crippen molar-refractivity contribution in [2.24, 2.45) is 4.99 Å². The number of nitrogens with zero attached hydrogens (tertiary/aromatic N) is 3. The molecule has 0 unspecified atom stereocenters. The van der Waals surface area contributed by atoms with E-state index >= 15 is 0 Å². The van der Waals surface area contributed by atoms with Crippen molar-refractivity contribution < 1.29 is 17.6 Å². The third-order valence-electron chi connectivity index (χ3n) is 3.35. The van der Waals surface area contributed by atoms with E-state index in [1.165, 1.54) is 12.1 Å². The van der Waals surface area contributed by atoms with E-state index in [0.29, 0.717) is 30.5 Å². The van der Waals surface area contributed by atoms with E-state index in [1.807, 2.05) is 0 Å². The zero-order valence-electron chi connectivity index (χ0n) is 14.2. The summed E-state index contributed by atoms with van der Waals surface area (Å²) in [4.78, 5) is 9.51. The third-order valence-corrected chi connectivity index (χ3v) is 4.25. The average molecular weight is 502 g/mol. The first-order valence-corrected chi connectivity index (χ1v) is 8.35. The predicted molar refractivity (Wildman–Crippen MR) is 105 cm³/mol. The van der Waals surface area contributed by atoms with Crippen LogP contribution < -0.4 is 5.32 Å². The molecule has 0 aliphatic carbocycles. The zero-order chi connectivity index (χ0) is 18.4. The van der Waals surface area contributed by atoms with Crippen molar-refractivity contribution >= 4 is 41.3 Å². The third kappa shape index (κ3) is 6.71. The standard InChI is InChI=1S/C16H18F4N4S.HI/c1-21-15(24(2)9-11-4-3-5-12(17)8-11)22-7-6-14-23-13(10-25-14)16(18,19)20;/h3-5,8,10H,6-7,9H2,1-2H3,(H,21,22);1H. The first-order valence-electron chi connectivity index (χ1n) is 7.47. The van der Waals surface area contributed by atoms with Crippen LogP contribution in [0.4, 0.5) is 17.6 Å². The van der Waals surface area contributed by atoms with Crippen molar-refractivity contribution in [1.82, 2.24) is 15.2 Å². The molecular formula is C16H19F4IN4S. The zero-order valence-corrected chi connectivity index (χ0v) is 17.3. The van der Waals surface area contributed by atoms with Gasteiger partial charge in [-0.25, -0.2) is 9.37 Å². The van der Waals surface area contributed by atoms with E-state index in [9.17, 15) is 17.6 Å². The number of nitrogens with one attached hydrogen (secondary N) is 1. The number of benzene rings is 1. The van der Waals surface area contributed by atoms with Crippen LogP contribution in [0.25, 0.3) is 0 Å². The topological polar surface area (TPSA) is 40.5 Å². The summed E-state index contributed by atoms with van der Waals surface area (Å²) < 4.78 is 50.8. The minimum atomic E-state index is -4.41. The monoisotopic (exact) mass is 502 g/mol. The maximum absolute atomic E-state index is 13.2. The van der Waals surface area contributed by atoms with Gasteiger partial charge in [0.1, 0.15) is 5.82 Å². The molecule has 2 aromatic rings. The fourth-order valence-corrected chi connectivity index (χ4v) is 3.01. The van der Waals surface area contributed by atoms with Crippen molar-refractivity contribution in [3.63, 3.8) is 0 Å². The lowest BCUT2D eigenvalue weighted by Gasteiger charge is -2.22. The van der Waals surface area contributed by atoms with E-state index in [-0.39, 0.29) is 29.8 Å². The first-order chi connectivity index (χ1) is 11.8.